The number of carboxylic acid groups (broad SMARTS) is 1. The number of aliphatic carboxylic acids is 1. The predicted octanol–water partition coefficient (Wildman–Crippen LogP) is 1.72. The molecule has 0 bridgehead atoms. The van der Waals surface area contributed by atoms with Crippen molar-refractivity contribution in [1.29, 1.82) is 0 Å². The maximum atomic E-state index is 11.0. The van der Waals surface area contributed by atoms with E-state index in [0.29, 0.717) is 0 Å². The number of carboxylic acids is 1. The van der Waals surface area contributed by atoms with Crippen LogP contribution in [-0.4, -0.2) is 41.7 Å². The number of likely N-dealkylation sites (tertiary alicyclic amines) is 1. The molecule has 19 heavy (non-hydrogen) atoms. The van der Waals surface area contributed by atoms with E-state index < -0.39 is 5.97 Å². The van der Waals surface area contributed by atoms with Gasteiger partial charge in [0, 0.05) is 25.2 Å². The lowest BCUT2D eigenvalue weighted by atomic mass is 9.84. The summed E-state index contributed by atoms with van der Waals surface area (Å²) in [5, 5.41) is 12.2. The summed E-state index contributed by atoms with van der Waals surface area (Å²) < 4.78 is 0. The van der Waals surface area contributed by atoms with Crippen molar-refractivity contribution < 1.29 is 9.90 Å². The first kappa shape index (κ1) is 14.0. The minimum absolute atomic E-state index is 0.211. The second kappa shape index (κ2) is 6.17. The summed E-state index contributed by atoms with van der Waals surface area (Å²) in [5.41, 5.74) is 1.09. The topological polar surface area (TPSA) is 52.6 Å². The average molecular weight is 262 g/mol. The molecule has 104 valence electrons. The molecule has 0 radical (unpaired) electrons. The van der Waals surface area contributed by atoms with Crippen molar-refractivity contribution in [1.82, 2.24) is 10.2 Å². The third-order valence-corrected chi connectivity index (χ3v) is 4.08. The summed E-state index contributed by atoms with van der Waals surface area (Å²) in [7, 11) is 1.87. The van der Waals surface area contributed by atoms with Gasteiger partial charge >= 0.3 is 5.97 Å². The highest BCUT2D eigenvalue weighted by molar-refractivity contribution is 5.68. The van der Waals surface area contributed by atoms with Crippen LogP contribution in [0.5, 0.6) is 0 Å². The molecule has 4 heteroatoms. The molecule has 1 saturated heterocycles. The average Bonchev–Trinajstić information content (AvgIpc) is 2.42. The number of carbonyl (C=O) groups is 1. The van der Waals surface area contributed by atoms with Gasteiger partial charge in [0.05, 0.1) is 6.42 Å². The molecular formula is C15H22N2O2. The van der Waals surface area contributed by atoms with Crippen LogP contribution in [0.25, 0.3) is 0 Å². The SMILES string of the molecule is CNC1(CC(=O)O)CCN(Cc2ccccc2)CC1. The first-order valence-corrected chi connectivity index (χ1v) is 6.80. The highest BCUT2D eigenvalue weighted by Gasteiger charge is 2.34. The molecule has 1 aromatic carbocycles. The Kier molecular flexibility index (Phi) is 4.56. The van der Waals surface area contributed by atoms with Crippen LogP contribution in [0.4, 0.5) is 0 Å². The molecule has 0 spiro atoms. The van der Waals surface area contributed by atoms with Gasteiger partial charge in [-0.15, -0.1) is 0 Å². The molecule has 1 aliphatic rings. The molecule has 2 N–H and O–H groups in total. The largest absolute Gasteiger partial charge is 0.481 e. The fourth-order valence-corrected chi connectivity index (χ4v) is 2.79. The van der Waals surface area contributed by atoms with Crippen LogP contribution < -0.4 is 5.32 Å². The van der Waals surface area contributed by atoms with Crippen molar-refractivity contribution in [2.45, 2.75) is 31.3 Å². The molecule has 2 rings (SSSR count). The highest BCUT2D eigenvalue weighted by Crippen LogP contribution is 2.26. The zero-order chi connectivity index (χ0) is 13.7. The molecule has 0 unspecified atom stereocenters. The summed E-state index contributed by atoms with van der Waals surface area (Å²) in [6.45, 7) is 2.85. The Labute approximate surface area is 114 Å². The predicted molar refractivity (Wildman–Crippen MR) is 75.0 cm³/mol. The maximum Gasteiger partial charge on any atom is 0.305 e. The second-order valence-electron chi connectivity index (χ2n) is 5.36. The van der Waals surface area contributed by atoms with Crippen molar-refractivity contribution in [3.63, 3.8) is 0 Å². The Morgan fingerprint density at radius 2 is 1.95 bits per heavy atom. The van der Waals surface area contributed by atoms with Crippen LogP contribution in [0.3, 0.4) is 0 Å². The molecular weight excluding hydrogens is 240 g/mol. The number of rotatable bonds is 5. The molecule has 4 nitrogen and oxygen atoms in total. The van der Waals surface area contributed by atoms with Crippen LogP contribution >= 0.6 is 0 Å². The Bertz CT molecular complexity index is 411. The van der Waals surface area contributed by atoms with Crippen molar-refractivity contribution >= 4 is 5.97 Å². The van der Waals surface area contributed by atoms with Crippen LogP contribution in [0.1, 0.15) is 24.8 Å². The fourth-order valence-electron chi connectivity index (χ4n) is 2.79. The van der Waals surface area contributed by atoms with Gasteiger partial charge in [-0.3, -0.25) is 9.69 Å². The maximum absolute atomic E-state index is 11.0. The second-order valence-corrected chi connectivity index (χ2v) is 5.36. The Hall–Kier alpha value is -1.39. The summed E-state index contributed by atoms with van der Waals surface area (Å²) in [6, 6.07) is 10.4. The Morgan fingerprint density at radius 3 is 2.47 bits per heavy atom. The third-order valence-electron chi connectivity index (χ3n) is 4.08. The number of nitrogens with one attached hydrogen (secondary N) is 1. The summed E-state index contributed by atoms with van der Waals surface area (Å²) in [6.07, 6.45) is 1.99. The van der Waals surface area contributed by atoms with E-state index in [0.717, 1.165) is 32.5 Å². The van der Waals surface area contributed by atoms with Crippen molar-refractivity contribution in [2.24, 2.45) is 0 Å². The zero-order valence-electron chi connectivity index (χ0n) is 11.4. The van der Waals surface area contributed by atoms with Gasteiger partial charge in [-0.05, 0) is 25.5 Å². The van der Waals surface area contributed by atoms with Crippen molar-refractivity contribution in [3.8, 4) is 0 Å². The van der Waals surface area contributed by atoms with Gasteiger partial charge in [0.25, 0.3) is 0 Å². The van der Waals surface area contributed by atoms with Crippen LogP contribution in [-0.2, 0) is 11.3 Å². The van der Waals surface area contributed by atoms with E-state index in [1.807, 2.05) is 13.1 Å². The quantitative estimate of drug-likeness (QED) is 0.848. The fraction of sp³-hybridized carbons (Fsp3) is 0.533. The van der Waals surface area contributed by atoms with Crippen molar-refractivity contribution in [3.05, 3.63) is 35.9 Å². The summed E-state index contributed by atoms with van der Waals surface area (Å²) in [5.74, 6) is -0.717. The van der Waals surface area contributed by atoms with Crippen molar-refractivity contribution in [2.75, 3.05) is 20.1 Å². The van der Waals surface area contributed by atoms with Gasteiger partial charge in [0.15, 0.2) is 0 Å². The normalized spacial score (nSPS) is 19.2. The molecule has 0 amide bonds. The van der Waals surface area contributed by atoms with Gasteiger partial charge < -0.3 is 10.4 Å². The van der Waals surface area contributed by atoms with Gasteiger partial charge in [0.2, 0.25) is 0 Å². The lowest BCUT2D eigenvalue weighted by Gasteiger charge is -2.41. The van der Waals surface area contributed by atoms with Gasteiger partial charge in [-0.1, -0.05) is 30.3 Å². The monoisotopic (exact) mass is 262 g/mol. The molecule has 1 aliphatic heterocycles. The van der Waals surface area contributed by atoms with Crippen LogP contribution in [0.2, 0.25) is 0 Å². The van der Waals surface area contributed by atoms with E-state index in [4.69, 9.17) is 5.11 Å². The van der Waals surface area contributed by atoms with Crippen LogP contribution in [0.15, 0.2) is 30.3 Å². The summed E-state index contributed by atoms with van der Waals surface area (Å²) in [4.78, 5) is 13.3. The van der Waals surface area contributed by atoms with Gasteiger partial charge in [-0.25, -0.2) is 0 Å². The third kappa shape index (κ3) is 3.78. The lowest BCUT2D eigenvalue weighted by molar-refractivity contribution is -0.139. The van der Waals surface area contributed by atoms with E-state index in [9.17, 15) is 4.79 Å². The smallest absolute Gasteiger partial charge is 0.305 e. The molecule has 0 aromatic heterocycles. The lowest BCUT2D eigenvalue weighted by Crippen LogP contribution is -2.52. The standard InChI is InChI=1S/C15H22N2O2/c1-16-15(11-14(18)19)7-9-17(10-8-15)12-13-5-3-2-4-6-13/h2-6,16H,7-12H2,1H3,(H,18,19). The number of hydrogen-bond donors (Lipinski definition) is 2. The van der Waals surface area contributed by atoms with E-state index in [2.05, 4.69) is 34.5 Å². The number of benzene rings is 1. The molecule has 1 heterocycles. The molecule has 0 aliphatic carbocycles. The zero-order valence-corrected chi connectivity index (χ0v) is 11.4. The Balaban J connectivity index is 1.89. The van der Waals surface area contributed by atoms with E-state index >= 15 is 0 Å². The highest BCUT2D eigenvalue weighted by atomic mass is 16.4. The molecule has 0 saturated carbocycles. The molecule has 0 atom stereocenters. The minimum atomic E-state index is -0.717. The Morgan fingerprint density at radius 1 is 1.32 bits per heavy atom. The van der Waals surface area contributed by atoms with Gasteiger partial charge in [0.1, 0.15) is 0 Å². The number of hydrogen-bond acceptors (Lipinski definition) is 3. The first-order chi connectivity index (χ1) is 9.13. The number of piperidine rings is 1. The number of nitrogens with zero attached hydrogens (tertiary/aromatic N) is 1. The van der Waals surface area contributed by atoms with E-state index in [-0.39, 0.29) is 12.0 Å². The molecule has 1 fully saturated rings. The van der Waals surface area contributed by atoms with E-state index in [1.165, 1.54) is 5.56 Å². The van der Waals surface area contributed by atoms with E-state index in [1.54, 1.807) is 0 Å². The van der Waals surface area contributed by atoms with Gasteiger partial charge in [-0.2, -0.15) is 0 Å². The first-order valence-electron chi connectivity index (χ1n) is 6.80. The van der Waals surface area contributed by atoms with Crippen LogP contribution in [0, 0.1) is 0 Å². The minimum Gasteiger partial charge on any atom is -0.481 e. The summed E-state index contributed by atoms with van der Waals surface area (Å²) >= 11 is 0. The molecule has 1 aromatic rings.